The number of hydrogen-bond donors (Lipinski definition) is 0. The van der Waals surface area contributed by atoms with Crippen LogP contribution in [-0.2, 0) is 0 Å². The average molecular weight is 278 g/mol. The van der Waals surface area contributed by atoms with Gasteiger partial charge in [0.2, 0.25) is 0 Å². The molecule has 0 radical (unpaired) electrons. The van der Waals surface area contributed by atoms with E-state index in [0.717, 1.165) is 18.3 Å². The number of benzene rings is 2. The summed E-state index contributed by atoms with van der Waals surface area (Å²) in [6.45, 7) is 1.93. The molecule has 0 spiro atoms. The number of aliphatic imine (C=N–C) groups is 1. The standard InChI is InChI=1S/C17H14N2S/c1-2-4-13(5-3-1)14-6-8-15(9-7-14)16-12-20-17-18-10-11-19(16)17/h1-9,12H,10-11H2. The third-order valence-corrected chi connectivity index (χ3v) is 4.56. The summed E-state index contributed by atoms with van der Waals surface area (Å²) in [5.41, 5.74) is 5.07. The largest absolute Gasteiger partial charge is 0.318 e. The number of hydrogen-bond acceptors (Lipinski definition) is 3. The Morgan fingerprint density at radius 3 is 2.35 bits per heavy atom. The molecule has 2 nitrogen and oxygen atoms in total. The maximum atomic E-state index is 4.49. The first kappa shape index (κ1) is 11.8. The Hall–Kier alpha value is -2.00. The molecule has 2 aromatic rings. The summed E-state index contributed by atoms with van der Waals surface area (Å²) in [5.74, 6) is 0. The lowest BCUT2D eigenvalue weighted by Gasteiger charge is -2.16. The van der Waals surface area contributed by atoms with E-state index < -0.39 is 0 Å². The normalized spacial score (nSPS) is 16.9. The monoisotopic (exact) mass is 278 g/mol. The van der Waals surface area contributed by atoms with Crippen LogP contribution in [0.3, 0.4) is 0 Å². The number of amidine groups is 1. The SMILES string of the molecule is C1=C(c2ccc(-c3ccccc3)cc2)N2CCN=C2S1. The highest BCUT2D eigenvalue weighted by Crippen LogP contribution is 2.35. The number of rotatable bonds is 2. The van der Waals surface area contributed by atoms with Crippen LogP contribution < -0.4 is 0 Å². The van der Waals surface area contributed by atoms with Crippen LogP contribution >= 0.6 is 11.8 Å². The van der Waals surface area contributed by atoms with E-state index in [0.29, 0.717) is 0 Å². The predicted molar refractivity (Wildman–Crippen MR) is 86.5 cm³/mol. The molecule has 0 aliphatic carbocycles. The molecule has 0 unspecified atom stereocenters. The van der Waals surface area contributed by atoms with E-state index in [1.165, 1.54) is 22.4 Å². The summed E-state index contributed by atoms with van der Waals surface area (Å²) < 4.78 is 0. The molecule has 2 aliphatic heterocycles. The van der Waals surface area contributed by atoms with Crippen LogP contribution in [0.2, 0.25) is 0 Å². The molecular formula is C17H14N2S. The molecule has 2 aliphatic rings. The minimum absolute atomic E-state index is 0.918. The highest BCUT2D eigenvalue weighted by molar-refractivity contribution is 8.16. The Kier molecular flexibility index (Phi) is 2.85. The zero-order chi connectivity index (χ0) is 13.4. The fraction of sp³-hybridized carbons (Fsp3) is 0.118. The van der Waals surface area contributed by atoms with E-state index in [2.05, 4.69) is 63.8 Å². The lowest BCUT2D eigenvalue weighted by atomic mass is 10.0. The van der Waals surface area contributed by atoms with E-state index in [-0.39, 0.29) is 0 Å². The fourth-order valence-corrected chi connectivity index (χ4v) is 3.57. The smallest absolute Gasteiger partial charge is 0.168 e. The van der Waals surface area contributed by atoms with Crippen molar-refractivity contribution >= 4 is 22.6 Å². The molecule has 20 heavy (non-hydrogen) atoms. The van der Waals surface area contributed by atoms with Crippen LogP contribution in [0.1, 0.15) is 5.56 Å². The van der Waals surface area contributed by atoms with Gasteiger partial charge < -0.3 is 4.90 Å². The lowest BCUT2D eigenvalue weighted by Crippen LogP contribution is -2.19. The van der Waals surface area contributed by atoms with E-state index in [4.69, 9.17) is 0 Å². The fourth-order valence-electron chi connectivity index (χ4n) is 2.61. The van der Waals surface area contributed by atoms with Gasteiger partial charge in [-0.2, -0.15) is 0 Å². The zero-order valence-electron chi connectivity index (χ0n) is 11.0. The van der Waals surface area contributed by atoms with Gasteiger partial charge in [-0.05, 0) is 16.7 Å². The van der Waals surface area contributed by atoms with Gasteiger partial charge in [-0.15, -0.1) is 0 Å². The van der Waals surface area contributed by atoms with Crippen LogP contribution in [0.25, 0.3) is 16.8 Å². The van der Waals surface area contributed by atoms with Gasteiger partial charge in [0.1, 0.15) is 0 Å². The third kappa shape index (κ3) is 1.95. The Morgan fingerprint density at radius 2 is 1.55 bits per heavy atom. The first-order valence-corrected chi connectivity index (χ1v) is 7.64. The van der Waals surface area contributed by atoms with Crippen LogP contribution in [0, 0.1) is 0 Å². The quantitative estimate of drug-likeness (QED) is 0.823. The van der Waals surface area contributed by atoms with Gasteiger partial charge in [-0.1, -0.05) is 66.4 Å². The van der Waals surface area contributed by atoms with Crippen LogP contribution in [0.5, 0.6) is 0 Å². The van der Waals surface area contributed by atoms with Crippen molar-refractivity contribution in [2.75, 3.05) is 13.1 Å². The van der Waals surface area contributed by atoms with Gasteiger partial charge in [-0.3, -0.25) is 4.99 Å². The van der Waals surface area contributed by atoms with Crippen molar-refractivity contribution in [2.45, 2.75) is 0 Å². The predicted octanol–water partition coefficient (Wildman–Crippen LogP) is 4.07. The van der Waals surface area contributed by atoms with Crippen LogP contribution in [-0.4, -0.2) is 23.2 Å². The average Bonchev–Trinajstić information content (AvgIpc) is 3.11. The second-order valence-electron chi connectivity index (χ2n) is 4.88. The molecule has 2 heterocycles. The van der Waals surface area contributed by atoms with E-state index in [1.807, 2.05) is 6.07 Å². The second kappa shape index (κ2) is 4.84. The minimum atomic E-state index is 0.918. The minimum Gasteiger partial charge on any atom is -0.318 e. The highest BCUT2D eigenvalue weighted by Gasteiger charge is 2.26. The Bertz CT molecular complexity index is 687. The molecule has 4 rings (SSSR count). The van der Waals surface area contributed by atoms with Gasteiger partial charge in [0.25, 0.3) is 0 Å². The Labute approximate surface area is 122 Å². The van der Waals surface area contributed by atoms with Crippen molar-refractivity contribution in [3.05, 3.63) is 65.6 Å². The Balaban J connectivity index is 1.64. The second-order valence-corrected chi connectivity index (χ2v) is 5.72. The van der Waals surface area contributed by atoms with Crippen molar-refractivity contribution in [2.24, 2.45) is 4.99 Å². The molecule has 0 amide bonds. The zero-order valence-corrected chi connectivity index (χ0v) is 11.8. The summed E-state index contributed by atoms with van der Waals surface area (Å²) in [6.07, 6.45) is 0. The maximum Gasteiger partial charge on any atom is 0.168 e. The number of fused-ring (bicyclic) bond motifs is 1. The van der Waals surface area contributed by atoms with Gasteiger partial charge in [0, 0.05) is 12.0 Å². The summed E-state index contributed by atoms with van der Waals surface area (Å²) in [7, 11) is 0. The molecular weight excluding hydrogens is 264 g/mol. The molecule has 3 heteroatoms. The first-order chi connectivity index (χ1) is 9.92. The summed E-state index contributed by atoms with van der Waals surface area (Å²) in [6, 6.07) is 19.3. The maximum absolute atomic E-state index is 4.49. The molecule has 0 saturated carbocycles. The van der Waals surface area contributed by atoms with Crippen LogP contribution in [0.4, 0.5) is 0 Å². The summed E-state index contributed by atoms with van der Waals surface area (Å²) in [5, 5.41) is 3.35. The van der Waals surface area contributed by atoms with E-state index in [9.17, 15) is 0 Å². The van der Waals surface area contributed by atoms with E-state index in [1.54, 1.807) is 11.8 Å². The van der Waals surface area contributed by atoms with Gasteiger partial charge in [0.15, 0.2) is 5.17 Å². The number of nitrogens with zero attached hydrogens (tertiary/aromatic N) is 2. The number of thioether (sulfide) groups is 1. The molecule has 2 aromatic carbocycles. The molecule has 0 aromatic heterocycles. The summed E-state index contributed by atoms with van der Waals surface area (Å²) >= 11 is 1.73. The molecule has 0 fully saturated rings. The Morgan fingerprint density at radius 1 is 0.850 bits per heavy atom. The first-order valence-electron chi connectivity index (χ1n) is 6.76. The van der Waals surface area contributed by atoms with E-state index >= 15 is 0 Å². The van der Waals surface area contributed by atoms with Gasteiger partial charge in [-0.25, -0.2) is 0 Å². The van der Waals surface area contributed by atoms with Gasteiger partial charge in [0.05, 0.1) is 12.2 Å². The molecule has 0 bridgehead atoms. The third-order valence-electron chi connectivity index (χ3n) is 3.66. The van der Waals surface area contributed by atoms with Crippen molar-refractivity contribution in [3.63, 3.8) is 0 Å². The highest BCUT2D eigenvalue weighted by atomic mass is 32.2. The van der Waals surface area contributed by atoms with Crippen molar-refractivity contribution < 1.29 is 0 Å². The van der Waals surface area contributed by atoms with Crippen molar-refractivity contribution in [3.8, 4) is 11.1 Å². The topological polar surface area (TPSA) is 15.6 Å². The van der Waals surface area contributed by atoms with Gasteiger partial charge >= 0.3 is 0 Å². The molecule has 0 saturated heterocycles. The van der Waals surface area contributed by atoms with Crippen molar-refractivity contribution in [1.82, 2.24) is 4.90 Å². The van der Waals surface area contributed by atoms with Crippen LogP contribution in [0.15, 0.2) is 65.0 Å². The lowest BCUT2D eigenvalue weighted by molar-refractivity contribution is 0.650. The molecule has 98 valence electrons. The molecule has 0 N–H and O–H groups in total. The summed E-state index contributed by atoms with van der Waals surface area (Å²) in [4.78, 5) is 6.80. The molecule has 0 atom stereocenters. The van der Waals surface area contributed by atoms with Crippen molar-refractivity contribution in [1.29, 1.82) is 0 Å².